The molecule has 0 saturated heterocycles. The minimum atomic E-state index is 0.0310. The molecule has 0 atom stereocenters. The van der Waals surface area contributed by atoms with Gasteiger partial charge < -0.3 is 10.6 Å². The topological polar surface area (TPSA) is 54.0 Å². The molecule has 5 heteroatoms. The zero-order valence-corrected chi connectivity index (χ0v) is 12.1. The molecule has 1 aliphatic carbocycles. The maximum atomic E-state index is 11.7. The van der Waals surface area contributed by atoms with Gasteiger partial charge in [0.25, 0.3) is 0 Å². The molecule has 2 rings (SSSR count). The fraction of sp³-hybridized carbons (Fsp3) is 0.692. The molecule has 1 aromatic heterocycles. The van der Waals surface area contributed by atoms with Crippen molar-refractivity contribution in [1.82, 2.24) is 10.3 Å². The van der Waals surface area contributed by atoms with Gasteiger partial charge in [0.2, 0.25) is 5.91 Å². The number of carbonyl (C=O) groups is 1. The molecule has 1 fully saturated rings. The summed E-state index contributed by atoms with van der Waals surface area (Å²) in [4.78, 5) is 16.1. The number of nitrogens with one attached hydrogen (secondary N) is 2. The Hall–Kier alpha value is -0.940. The normalized spacial score (nSPS) is 15.7. The van der Waals surface area contributed by atoms with Crippen molar-refractivity contribution in [2.45, 2.75) is 51.5 Å². The molecule has 0 unspecified atom stereocenters. The maximum Gasteiger partial charge on any atom is 0.227 e. The molecule has 1 aliphatic rings. The van der Waals surface area contributed by atoms with Gasteiger partial charge in [0.1, 0.15) is 0 Å². The highest BCUT2D eigenvalue weighted by molar-refractivity contribution is 7.13. The van der Waals surface area contributed by atoms with Gasteiger partial charge in [-0.2, -0.15) is 0 Å². The van der Waals surface area contributed by atoms with Crippen LogP contribution in [0.2, 0.25) is 0 Å². The Labute approximate surface area is 112 Å². The molecule has 1 aromatic rings. The van der Waals surface area contributed by atoms with Crippen LogP contribution < -0.4 is 10.6 Å². The van der Waals surface area contributed by atoms with Crippen LogP contribution in [0.5, 0.6) is 0 Å². The minimum Gasteiger partial charge on any atom is -0.312 e. The molecule has 1 heterocycles. The van der Waals surface area contributed by atoms with Crippen LogP contribution in [-0.4, -0.2) is 23.0 Å². The van der Waals surface area contributed by atoms with Gasteiger partial charge in [-0.25, -0.2) is 4.98 Å². The van der Waals surface area contributed by atoms with Crippen molar-refractivity contribution in [3.05, 3.63) is 11.1 Å². The van der Waals surface area contributed by atoms with Gasteiger partial charge in [-0.05, 0) is 33.6 Å². The largest absolute Gasteiger partial charge is 0.312 e. The van der Waals surface area contributed by atoms with Crippen LogP contribution in [0.15, 0.2) is 5.38 Å². The van der Waals surface area contributed by atoms with Crippen LogP contribution in [0.3, 0.4) is 0 Å². The molecule has 0 radical (unpaired) electrons. The predicted octanol–water partition coefficient (Wildman–Crippen LogP) is 2.74. The Kier molecular flexibility index (Phi) is 4.02. The number of nitrogens with zero attached hydrogens (tertiary/aromatic N) is 1. The number of anilines is 1. The molecule has 100 valence electrons. The quantitative estimate of drug-likeness (QED) is 0.862. The standard InChI is InChI=1S/C13H21N3OS/c1-13(2,3)14-7-6-11(17)16-12-15-10(8-18-12)9-4-5-9/h8-9,14H,4-7H2,1-3H3,(H,15,16,17). The van der Waals surface area contributed by atoms with Gasteiger partial charge >= 0.3 is 0 Å². The number of hydrogen-bond acceptors (Lipinski definition) is 4. The van der Waals surface area contributed by atoms with Gasteiger partial charge in [0.05, 0.1) is 5.69 Å². The summed E-state index contributed by atoms with van der Waals surface area (Å²) in [6.07, 6.45) is 2.97. The second kappa shape index (κ2) is 5.36. The lowest BCUT2D eigenvalue weighted by atomic mass is 10.1. The molecule has 0 aliphatic heterocycles. The summed E-state index contributed by atoms with van der Waals surface area (Å²) < 4.78 is 0. The molecule has 18 heavy (non-hydrogen) atoms. The third-order valence-corrected chi connectivity index (χ3v) is 3.55. The average Bonchev–Trinajstić information content (AvgIpc) is 2.99. The van der Waals surface area contributed by atoms with Gasteiger partial charge in [0, 0.05) is 29.8 Å². The van der Waals surface area contributed by atoms with Crippen LogP contribution in [0.4, 0.5) is 5.13 Å². The van der Waals surface area contributed by atoms with E-state index in [4.69, 9.17) is 0 Å². The zero-order chi connectivity index (χ0) is 13.2. The highest BCUT2D eigenvalue weighted by Crippen LogP contribution is 2.40. The summed E-state index contributed by atoms with van der Waals surface area (Å²) in [5.41, 5.74) is 1.20. The first-order chi connectivity index (χ1) is 8.44. The molecule has 0 spiro atoms. The van der Waals surface area contributed by atoms with E-state index < -0.39 is 0 Å². The molecule has 4 nitrogen and oxygen atoms in total. The van der Waals surface area contributed by atoms with Crippen LogP contribution >= 0.6 is 11.3 Å². The summed E-state index contributed by atoms with van der Waals surface area (Å²) in [6.45, 7) is 6.96. The molecule has 1 saturated carbocycles. The van der Waals surface area contributed by atoms with E-state index >= 15 is 0 Å². The lowest BCUT2D eigenvalue weighted by Crippen LogP contribution is -2.37. The van der Waals surface area contributed by atoms with Gasteiger partial charge in [-0.15, -0.1) is 11.3 Å². The van der Waals surface area contributed by atoms with Gasteiger partial charge in [-0.1, -0.05) is 0 Å². The van der Waals surface area contributed by atoms with Crippen molar-refractivity contribution >= 4 is 22.4 Å². The van der Waals surface area contributed by atoms with E-state index in [9.17, 15) is 4.79 Å². The number of amides is 1. The third kappa shape index (κ3) is 4.38. The Balaban J connectivity index is 1.72. The number of thiazole rings is 1. The van der Waals surface area contributed by atoms with Crippen molar-refractivity contribution < 1.29 is 4.79 Å². The Morgan fingerprint density at radius 3 is 2.83 bits per heavy atom. The van der Waals surface area contributed by atoms with Crippen LogP contribution in [0.25, 0.3) is 0 Å². The number of hydrogen-bond donors (Lipinski definition) is 2. The van der Waals surface area contributed by atoms with Crippen molar-refractivity contribution in [2.24, 2.45) is 0 Å². The fourth-order valence-electron chi connectivity index (χ4n) is 1.64. The van der Waals surface area contributed by atoms with Gasteiger partial charge in [0.15, 0.2) is 5.13 Å². The monoisotopic (exact) mass is 267 g/mol. The number of rotatable bonds is 5. The molecule has 0 aromatic carbocycles. The van der Waals surface area contributed by atoms with E-state index in [2.05, 4.69) is 41.8 Å². The Morgan fingerprint density at radius 2 is 2.22 bits per heavy atom. The van der Waals surface area contributed by atoms with Crippen LogP contribution in [0.1, 0.15) is 51.6 Å². The SMILES string of the molecule is CC(C)(C)NCCC(=O)Nc1nc(C2CC2)cs1. The van der Waals surface area contributed by atoms with E-state index in [1.54, 1.807) is 0 Å². The fourth-order valence-corrected chi connectivity index (χ4v) is 2.45. The van der Waals surface area contributed by atoms with Crippen LogP contribution in [-0.2, 0) is 4.79 Å². The minimum absolute atomic E-state index is 0.0310. The third-order valence-electron chi connectivity index (χ3n) is 2.77. The van der Waals surface area contributed by atoms with E-state index in [1.165, 1.54) is 24.2 Å². The molecular formula is C13H21N3OS. The number of carbonyl (C=O) groups excluding carboxylic acids is 1. The number of aromatic nitrogens is 1. The Bertz CT molecular complexity index is 418. The van der Waals surface area contributed by atoms with E-state index in [1.807, 2.05) is 0 Å². The second-order valence-electron chi connectivity index (χ2n) is 5.83. The van der Waals surface area contributed by atoms with Crippen molar-refractivity contribution in [2.75, 3.05) is 11.9 Å². The van der Waals surface area contributed by atoms with Crippen LogP contribution in [0, 0.1) is 0 Å². The first-order valence-corrected chi connectivity index (χ1v) is 7.32. The Morgan fingerprint density at radius 1 is 1.50 bits per heavy atom. The highest BCUT2D eigenvalue weighted by Gasteiger charge is 2.26. The zero-order valence-electron chi connectivity index (χ0n) is 11.2. The van der Waals surface area contributed by atoms with E-state index in [0.717, 1.165) is 10.8 Å². The molecule has 2 N–H and O–H groups in total. The lowest BCUT2D eigenvalue weighted by molar-refractivity contribution is -0.116. The van der Waals surface area contributed by atoms with E-state index in [-0.39, 0.29) is 11.4 Å². The van der Waals surface area contributed by atoms with Crippen molar-refractivity contribution in [3.63, 3.8) is 0 Å². The van der Waals surface area contributed by atoms with Gasteiger partial charge in [-0.3, -0.25) is 4.79 Å². The van der Waals surface area contributed by atoms with Crippen molar-refractivity contribution in [1.29, 1.82) is 0 Å². The lowest BCUT2D eigenvalue weighted by Gasteiger charge is -2.19. The molecule has 1 amide bonds. The summed E-state index contributed by atoms with van der Waals surface area (Å²) in [6, 6.07) is 0. The van der Waals surface area contributed by atoms with Crippen molar-refractivity contribution in [3.8, 4) is 0 Å². The maximum absolute atomic E-state index is 11.7. The van der Waals surface area contributed by atoms with E-state index in [0.29, 0.717) is 18.9 Å². The first kappa shape index (κ1) is 13.5. The first-order valence-electron chi connectivity index (χ1n) is 6.44. The molecular weight excluding hydrogens is 246 g/mol. The highest BCUT2D eigenvalue weighted by atomic mass is 32.1. The summed E-state index contributed by atoms with van der Waals surface area (Å²) in [5.74, 6) is 0.679. The summed E-state index contributed by atoms with van der Waals surface area (Å²) in [5, 5.41) is 8.94. The average molecular weight is 267 g/mol. The predicted molar refractivity (Wildman–Crippen MR) is 75.1 cm³/mol. The summed E-state index contributed by atoms with van der Waals surface area (Å²) in [7, 11) is 0. The second-order valence-corrected chi connectivity index (χ2v) is 6.68. The smallest absolute Gasteiger partial charge is 0.227 e. The summed E-state index contributed by atoms with van der Waals surface area (Å²) >= 11 is 1.52. The molecule has 0 bridgehead atoms.